The molecule has 1 amide bonds. The third-order valence-electron chi connectivity index (χ3n) is 3.08. The molecule has 1 N–H and O–H groups in total. The number of carbonyl (C=O) groups excluding carboxylic acids is 1. The van der Waals surface area contributed by atoms with E-state index in [0.717, 1.165) is 6.42 Å². The maximum atomic E-state index is 12.0. The quantitative estimate of drug-likeness (QED) is 0.932. The molecule has 0 unspecified atom stereocenters. The Bertz CT molecular complexity index is 643. The van der Waals surface area contributed by atoms with Gasteiger partial charge in [-0.3, -0.25) is 4.79 Å². The normalized spacial score (nSPS) is 13.0. The first-order chi connectivity index (χ1) is 10.2. The number of nitrogens with one attached hydrogen (secondary N) is 1. The lowest BCUT2D eigenvalue weighted by Crippen LogP contribution is -2.17. The lowest BCUT2D eigenvalue weighted by Gasteiger charge is -2.20. The second kappa shape index (κ2) is 6.37. The SMILES string of the molecule is O=C(CCc1cccs1)Nc1cc2c(cc1Cl)OCCO2. The second-order valence-corrected chi connectivity index (χ2v) is 6.04. The summed E-state index contributed by atoms with van der Waals surface area (Å²) in [6.07, 6.45) is 1.15. The van der Waals surface area contributed by atoms with Gasteiger partial charge >= 0.3 is 0 Å². The molecule has 0 radical (unpaired) electrons. The van der Waals surface area contributed by atoms with Crippen molar-refractivity contribution < 1.29 is 14.3 Å². The summed E-state index contributed by atoms with van der Waals surface area (Å²) in [5, 5.41) is 5.27. The molecule has 1 aliphatic heterocycles. The molecule has 6 heteroatoms. The lowest BCUT2D eigenvalue weighted by atomic mass is 10.2. The highest BCUT2D eigenvalue weighted by molar-refractivity contribution is 7.09. The van der Waals surface area contributed by atoms with Crippen molar-refractivity contribution in [1.29, 1.82) is 0 Å². The minimum Gasteiger partial charge on any atom is -0.486 e. The molecule has 0 bridgehead atoms. The van der Waals surface area contributed by atoms with Gasteiger partial charge in [-0.1, -0.05) is 17.7 Å². The van der Waals surface area contributed by atoms with Crippen molar-refractivity contribution in [3.8, 4) is 11.5 Å². The van der Waals surface area contributed by atoms with Crippen LogP contribution in [0.25, 0.3) is 0 Å². The van der Waals surface area contributed by atoms with Crippen LogP contribution in [0.5, 0.6) is 11.5 Å². The first kappa shape index (κ1) is 14.2. The van der Waals surface area contributed by atoms with Gasteiger partial charge < -0.3 is 14.8 Å². The summed E-state index contributed by atoms with van der Waals surface area (Å²) in [7, 11) is 0. The molecule has 1 aromatic carbocycles. The summed E-state index contributed by atoms with van der Waals surface area (Å²) in [6.45, 7) is 1.01. The molecule has 2 heterocycles. The van der Waals surface area contributed by atoms with Gasteiger partial charge in [0.2, 0.25) is 5.91 Å². The number of carbonyl (C=O) groups is 1. The van der Waals surface area contributed by atoms with Crippen molar-refractivity contribution in [3.05, 3.63) is 39.5 Å². The van der Waals surface area contributed by atoms with E-state index in [4.69, 9.17) is 21.1 Å². The van der Waals surface area contributed by atoms with E-state index in [1.54, 1.807) is 23.5 Å². The average molecular weight is 324 g/mol. The van der Waals surface area contributed by atoms with Crippen LogP contribution in [0.15, 0.2) is 29.6 Å². The van der Waals surface area contributed by atoms with Crippen LogP contribution in [0.3, 0.4) is 0 Å². The fraction of sp³-hybridized carbons (Fsp3) is 0.267. The maximum absolute atomic E-state index is 12.0. The monoisotopic (exact) mass is 323 g/mol. The fourth-order valence-corrected chi connectivity index (χ4v) is 2.97. The third-order valence-corrected chi connectivity index (χ3v) is 4.33. The number of benzene rings is 1. The van der Waals surface area contributed by atoms with Gasteiger partial charge in [-0.05, 0) is 17.9 Å². The van der Waals surface area contributed by atoms with Gasteiger partial charge in [0.25, 0.3) is 0 Å². The lowest BCUT2D eigenvalue weighted by molar-refractivity contribution is -0.116. The van der Waals surface area contributed by atoms with Gasteiger partial charge in [-0.2, -0.15) is 0 Å². The zero-order chi connectivity index (χ0) is 14.7. The number of ether oxygens (including phenoxy) is 2. The number of hydrogen-bond donors (Lipinski definition) is 1. The summed E-state index contributed by atoms with van der Waals surface area (Å²) in [5.41, 5.74) is 0.553. The van der Waals surface area contributed by atoms with Crippen molar-refractivity contribution in [1.82, 2.24) is 0 Å². The molecule has 3 rings (SSSR count). The van der Waals surface area contributed by atoms with Gasteiger partial charge in [0.15, 0.2) is 11.5 Å². The van der Waals surface area contributed by atoms with Crippen LogP contribution in [0.1, 0.15) is 11.3 Å². The summed E-state index contributed by atoms with van der Waals surface area (Å²) in [6, 6.07) is 7.38. The van der Waals surface area contributed by atoms with E-state index in [2.05, 4.69) is 5.32 Å². The minimum absolute atomic E-state index is 0.0676. The Morgan fingerprint density at radius 1 is 1.29 bits per heavy atom. The first-order valence-corrected chi connectivity index (χ1v) is 7.89. The van der Waals surface area contributed by atoms with Crippen molar-refractivity contribution in [2.45, 2.75) is 12.8 Å². The van der Waals surface area contributed by atoms with Gasteiger partial charge in [0, 0.05) is 23.4 Å². The zero-order valence-corrected chi connectivity index (χ0v) is 12.8. The number of anilines is 1. The van der Waals surface area contributed by atoms with E-state index in [9.17, 15) is 4.79 Å². The van der Waals surface area contributed by atoms with Crippen LogP contribution in [-0.2, 0) is 11.2 Å². The molecule has 0 aliphatic carbocycles. The Hall–Kier alpha value is -1.72. The molecule has 110 valence electrons. The van der Waals surface area contributed by atoms with E-state index < -0.39 is 0 Å². The standard InChI is InChI=1S/C15H14ClNO3S/c16-11-8-13-14(20-6-5-19-13)9-12(11)17-15(18)4-3-10-2-1-7-21-10/h1-2,7-9H,3-6H2,(H,17,18). The summed E-state index contributed by atoms with van der Waals surface area (Å²) < 4.78 is 10.9. The van der Waals surface area contributed by atoms with Crippen molar-refractivity contribution in [2.75, 3.05) is 18.5 Å². The van der Waals surface area contributed by atoms with Crippen molar-refractivity contribution in [3.63, 3.8) is 0 Å². The molecule has 0 fully saturated rings. The van der Waals surface area contributed by atoms with E-state index in [1.165, 1.54) is 4.88 Å². The summed E-state index contributed by atoms with van der Waals surface area (Å²) in [5.74, 6) is 1.16. The summed E-state index contributed by atoms with van der Waals surface area (Å²) in [4.78, 5) is 13.2. The molecule has 0 saturated carbocycles. The topological polar surface area (TPSA) is 47.6 Å². The Balaban J connectivity index is 1.65. The largest absolute Gasteiger partial charge is 0.486 e. The van der Waals surface area contributed by atoms with E-state index in [-0.39, 0.29) is 5.91 Å². The van der Waals surface area contributed by atoms with Crippen molar-refractivity contribution >= 4 is 34.5 Å². The molecule has 4 nitrogen and oxygen atoms in total. The first-order valence-electron chi connectivity index (χ1n) is 6.64. The molecule has 1 aromatic heterocycles. The van der Waals surface area contributed by atoms with Crippen LogP contribution in [0.2, 0.25) is 5.02 Å². The molecular weight excluding hydrogens is 310 g/mol. The highest BCUT2D eigenvalue weighted by Gasteiger charge is 2.16. The Kier molecular flexibility index (Phi) is 4.31. The number of rotatable bonds is 4. The molecule has 21 heavy (non-hydrogen) atoms. The second-order valence-electron chi connectivity index (χ2n) is 4.60. The molecule has 0 saturated heterocycles. The fourth-order valence-electron chi connectivity index (χ4n) is 2.06. The van der Waals surface area contributed by atoms with Crippen LogP contribution in [0.4, 0.5) is 5.69 Å². The molecule has 1 aliphatic rings. The highest BCUT2D eigenvalue weighted by Crippen LogP contribution is 2.38. The predicted molar refractivity (Wildman–Crippen MR) is 83.7 cm³/mol. The number of aryl methyl sites for hydroxylation is 1. The molecule has 0 spiro atoms. The number of hydrogen-bond acceptors (Lipinski definition) is 4. The number of thiophene rings is 1. The van der Waals surface area contributed by atoms with Crippen LogP contribution in [-0.4, -0.2) is 19.1 Å². The molecule has 0 atom stereocenters. The number of fused-ring (bicyclic) bond motifs is 1. The smallest absolute Gasteiger partial charge is 0.224 e. The minimum atomic E-state index is -0.0676. The Morgan fingerprint density at radius 3 is 2.76 bits per heavy atom. The van der Waals surface area contributed by atoms with Gasteiger partial charge in [-0.25, -0.2) is 0 Å². The zero-order valence-electron chi connectivity index (χ0n) is 11.2. The highest BCUT2D eigenvalue weighted by atomic mass is 35.5. The third kappa shape index (κ3) is 3.49. The van der Waals surface area contributed by atoms with E-state index in [0.29, 0.717) is 41.8 Å². The van der Waals surface area contributed by atoms with Crippen LogP contribution < -0.4 is 14.8 Å². The Labute approximate surface area is 131 Å². The summed E-state index contributed by atoms with van der Waals surface area (Å²) >= 11 is 7.81. The average Bonchev–Trinajstić information content (AvgIpc) is 2.99. The molecule has 2 aromatic rings. The van der Waals surface area contributed by atoms with Gasteiger partial charge in [0.05, 0.1) is 10.7 Å². The van der Waals surface area contributed by atoms with Gasteiger partial charge in [0.1, 0.15) is 13.2 Å². The predicted octanol–water partition coefficient (Wildman–Crippen LogP) is 3.74. The number of amides is 1. The van der Waals surface area contributed by atoms with E-state index >= 15 is 0 Å². The van der Waals surface area contributed by atoms with Gasteiger partial charge in [-0.15, -0.1) is 11.3 Å². The molecular formula is C15H14ClNO3S. The van der Waals surface area contributed by atoms with E-state index in [1.807, 2.05) is 17.5 Å². The van der Waals surface area contributed by atoms with Crippen LogP contribution in [0, 0.1) is 0 Å². The Morgan fingerprint density at radius 2 is 2.05 bits per heavy atom. The van der Waals surface area contributed by atoms with Crippen molar-refractivity contribution in [2.24, 2.45) is 0 Å². The number of halogens is 1. The van der Waals surface area contributed by atoms with Crippen LogP contribution >= 0.6 is 22.9 Å². The maximum Gasteiger partial charge on any atom is 0.224 e.